The van der Waals surface area contributed by atoms with Gasteiger partial charge in [-0.1, -0.05) is 0 Å². The molecule has 0 aliphatic carbocycles. The predicted molar refractivity (Wildman–Crippen MR) is 55.0 cm³/mol. The Bertz CT molecular complexity index is 355. The smallest absolute Gasteiger partial charge is 0.167 e. The molecule has 5 heteroatoms. The summed E-state index contributed by atoms with van der Waals surface area (Å²) in [5.74, 6) is 0.0638. The van der Waals surface area contributed by atoms with Gasteiger partial charge >= 0.3 is 0 Å². The van der Waals surface area contributed by atoms with Crippen LogP contribution in [0.4, 0.5) is 10.1 Å². The van der Waals surface area contributed by atoms with Crippen molar-refractivity contribution in [2.45, 2.75) is 0 Å². The maximum Gasteiger partial charge on any atom is 0.167 e. The Morgan fingerprint density at radius 1 is 1.64 bits per heavy atom. The number of nitrogens with two attached hydrogens (primary N) is 1. The third-order valence-electron chi connectivity index (χ3n) is 1.54. The molecule has 0 bridgehead atoms. The van der Waals surface area contributed by atoms with Crippen molar-refractivity contribution in [2.24, 2.45) is 10.7 Å². The highest BCUT2D eigenvalue weighted by atomic mass is 35.5. The first kappa shape index (κ1) is 10.8. The van der Waals surface area contributed by atoms with Crippen LogP contribution in [0, 0.1) is 5.82 Å². The lowest BCUT2D eigenvalue weighted by atomic mass is 10.3. The van der Waals surface area contributed by atoms with Gasteiger partial charge in [-0.05, 0) is 12.1 Å². The molecule has 0 atom stereocenters. The van der Waals surface area contributed by atoms with E-state index in [1.54, 1.807) is 6.07 Å². The minimum Gasteiger partial charge on any atom is -0.494 e. The number of amidine groups is 1. The zero-order valence-corrected chi connectivity index (χ0v) is 8.38. The minimum absolute atomic E-state index is 0.119. The summed E-state index contributed by atoms with van der Waals surface area (Å²) < 4.78 is 17.9. The molecule has 0 unspecified atom stereocenters. The fraction of sp³-hybridized carbons (Fsp3) is 0.222. The van der Waals surface area contributed by atoms with Crippen molar-refractivity contribution in [3.63, 3.8) is 0 Å². The lowest BCUT2D eigenvalue weighted by Crippen LogP contribution is -2.12. The van der Waals surface area contributed by atoms with Gasteiger partial charge in [0.15, 0.2) is 11.6 Å². The van der Waals surface area contributed by atoms with E-state index >= 15 is 0 Å². The Labute approximate surface area is 86.3 Å². The number of nitrogens with zero attached hydrogens (tertiary/aromatic N) is 1. The van der Waals surface area contributed by atoms with Gasteiger partial charge in [-0.25, -0.2) is 9.38 Å². The van der Waals surface area contributed by atoms with Crippen LogP contribution in [0.5, 0.6) is 5.75 Å². The fourth-order valence-corrected chi connectivity index (χ4v) is 0.980. The summed E-state index contributed by atoms with van der Waals surface area (Å²) in [7, 11) is 1.40. The topological polar surface area (TPSA) is 47.6 Å². The van der Waals surface area contributed by atoms with Gasteiger partial charge in [-0.2, -0.15) is 0 Å². The maximum atomic E-state index is 13.1. The highest BCUT2D eigenvalue weighted by Crippen LogP contribution is 2.22. The van der Waals surface area contributed by atoms with Crippen molar-refractivity contribution in [1.82, 2.24) is 0 Å². The van der Waals surface area contributed by atoms with Gasteiger partial charge in [0.25, 0.3) is 0 Å². The van der Waals surface area contributed by atoms with Crippen LogP contribution in [0.2, 0.25) is 0 Å². The molecule has 1 aromatic rings. The number of aliphatic imine (C=N–C) groups is 1. The van der Waals surface area contributed by atoms with Crippen molar-refractivity contribution in [1.29, 1.82) is 0 Å². The molecule has 0 spiro atoms. The molecular weight excluding hydrogens is 207 g/mol. The average Bonchev–Trinajstić information content (AvgIpc) is 2.18. The molecule has 0 fully saturated rings. The summed E-state index contributed by atoms with van der Waals surface area (Å²) in [5, 5.41) is 0. The third kappa shape index (κ3) is 2.60. The van der Waals surface area contributed by atoms with Crippen molar-refractivity contribution in [2.75, 3.05) is 13.0 Å². The average molecular weight is 217 g/mol. The summed E-state index contributed by atoms with van der Waals surface area (Å²) in [6.45, 7) is 0. The highest BCUT2D eigenvalue weighted by molar-refractivity contribution is 6.28. The molecule has 1 aromatic carbocycles. The number of hydrogen-bond acceptors (Lipinski definition) is 2. The van der Waals surface area contributed by atoms with Crippen molar-refractivity contribution >= 4 is 23.1 Å². The van der Waals surface area contributed by atoms with E-state index in [2.05, 4.69) is 4.99 Å². The second-order valence-electron chi connectivity index (χ2n) is 2.56. The number of methoxy groups -OCH3 is 1. The standard InChI is InChI=1S/C9H10ClFN2O/c1-14-8-3-2-6(4-7(8)11)13-9(12)5-10/h2-4H,5H2,1H3,(H2,12,13). The lowest BCUT2D eigenvalue weighted by Gasteiger charge is -2.02. The van der Waals surface area contributed by atoms with E-state index in [0.717, 1.165) is 0 Å². The monoisotopic (exact) mass is 216 g/mol. The lowest BCUT2D eigenvalue weighted by molar-refractivity contribution is 0.386. The van der Waals surface area contributed by atoms with Crippen LogP contribution in [-0.4, -0.2) is 18.8 Å². The van der Waals surface area contributed by atoms with Gasteiger partial charge < -0.3 is 10.5 Å². The molecule has 0 aliphatic heterocycles. The molecule has 1 rings (SSSR count). The van der Waals surface area contributed by atoms with E-state index in [-0.39, 0.29) is 17.5 Å². The molecule has 76 valence electrons. The molecule has 3 nitrogen and oxygen atoms in total. The first-order chi connectivity index (χ1) is 6.67. The Kier molecular flexibility index (Phi) is 3.71. The van der Waals surface area contributed by atoms with Crippen LogP contribution in [0.15, 0.2) is 23.2 Å². The molecule has 14 heavy (non-hydrogen) atoms. The second kappa shape index (κ2) is 4.81. The zero-order valence-electron chi connectivity index (χ0n) is 7.63. The van der Waals surface area contributed by atoms with E-state index in [9.17, 15) is 4.39 Å². The van der Waals surface area contributed by atoms with Crippen LogP contribution in [0.1, 0.15) is 0 Å². The first-order valence-electron chi connectivity index (χ1n) is 3.90. The number of alkyl halides is 1. The molecule has 0 heterocycles. The molecule has 0 radical (unpaired) electrons. The SMILES string of the molecule is COc1ccc(N=C(N)CCl)cc1F. The van der Waals surface area contributed by atoms with E-state index in [1.165, 1.54) is 19.2 Å². The number of halogens is 2. The van der Waals surface area contributed by atoms with Crippen LogP contribution >= 0.6 is 11.6 Å². The van der Waals surface area contributed by atoms with Crippen molar-refractivity contribution in [3.8, 4) is 5.75 Å². The minimum atomic E-state index is -0.476. The van der Waals surface area contributed by atoms with Crippen LogP contribution < -0.4 is 10.5 Å². The summed E-state index contributed by atoms with van der Waals surface area (Å²) in [6.07, 6.45) is 0. The Balaban J connectivity index is 2.97. The van der Waals surface area contributed by atoms with Gasteiger partial charge in [0.2, 0.25) is 0 Å². The molecule has 2 N–H and O–H groups in total. The van der Waals surface area contributed by atoms with Crippen LogP contribution in [-0.2, 0) is 0 Å². The van der Waals surface area contributed by atoms with Gasteiger partial charge in [0.05, 0.1) is 18.7 Å². The normalized spacial score (nSPS) is 11.5. The first-order valence-corrected chi connectivity index (χ1v) is 4.43. The van der Waals surface area contributed by atoms with Crippen molar-refractivity contribution in [3.05, 3.63) is 24.0 Å². The number of benzene rings is 1. The van der Waals surface area contributed by atoms with E-state index < -0.39 is 5.82 Å². The maximum absolute atomic E-state index is 13.1. The third-order valence-corrected chi connectivity index (χ3v) is 1.82. The van der Waals surface area contributed by atoms with E-state index in [0.29, 0.717) is 5.69 Å². The number of rotatable bonds is 3. The summed E-state index contributed by atoms with van der Waals surface area (Å²) >= 11 is 5.43. The Morgan fingerprint density at radius 2 is 2.36 bits per heavy atom. The Hall–Kier alpha value is -1.29. The summed E-state index contributed by atoms with van der Waals surface area (Å²) in [4.78, 5) is 3.88. The number of ether oxygens (including phenoxy) is 1. The zero-order chi connectivity index (χ0) is 10.6. The summed E-state index contributed by atoms with van der Waals surface area (Å²) in [5.41, 5.74) is 5.81. The number of hydrogen-bond donors (Lipinski definition) is 1. The molecule has 0 aromatic heterocycles. The Morgan fingerprint density at radius 3 is 2.86 bits per heavy atom. The molecule has 0 amide bonds. The highest BCUT2D eigenvalue weighted by Gasteiger charge is 2.02. The van der Waals surface area contributed by atoms with Crippen LogP contribution in [0.25, 0.3) is 0 Å². The van der Waals surface area contributed by atoms with Crippen LogP contribution in [0.3, 0.4) is 0 Å². The molecular formula is C9H10ClFN2O. The molecule has 0 saturated carbocycles. The quantitative estimate of drug-likeness (QED) is 0.478. The molecule has 0 saturated heterocycles. The van der Waals surface area contributed by atoms with Gasteiger partial charge in [-0.3, -0.25) is 0 Å². The van der Waals surface area contributed by atoms with Crippen molar-refractivity contribution < 1.29 is 9.13 Å². The molecule has 0 aliphatic rings. The van der Waals surface area contributed by atoms with Gasteiger partial charge in [-0.15, -0.1) is 11.6 Å². The fourth-order valence-electron chi connectivity index (χ4n) is 0.921. The second-order valence-corrected chi connectivity index (χ2v) is 2.82. The van der Waals surface area contributed by atoms with Gasteiger partial charge in [0, 0.05) is 6.07 Å². The van der Waals surface area contributed by atoms with E-state index in [1.807, 2.05) is 0 Å². The largest absolute Gasteiger partial charge is 0.494 e. The van der Waals surface area contributed by atoms with Gasteiger partial charge in [0.1, 0.15) is 5.84 Å². The predicted octanol–water partition coefficient (Wildman–Crippen LogP) is 2.06. The van der Waals surface area contributed by atoms with E-state index in [4.69, 9.17) is 22.1 Å². The summed E-state index contributed by atoms with van der Waals surface area (Å²) in [6, 6.07) is 4.31.